The van der Waals surface area contributed by atoms with Gasteiger partial charge in [0, 0.05) is 24.7 Å². The number of hydrogen-bond acceptors (Lipinski definition) is 3. The van der Waals surface area contributed by atoms with Crippen molar-refractivity contribution in [2.75, 3.05) is 18.0 Å². The van der Waals surface area contributed by atoms with E-state index >= 15 is 0 Å². The normalized spacial score (nSPS) is 20.2. The molecule has 1 fully saturated rings. The van der Waals surface area contributed by atoms with Crippen LogP contribution in [-0.4, -0.2) is 24.1 Å². The maximum atomic E-state index is 13.3. The lowest BCUT2D eigenvalue weighted by Gasteiger charge is -2.35. The van der Waals surface area contributed by atoms with Crippen LogP contribution in [0.15, 0.2) is 12.3 Å². The fourth-order valence-electron chi connectivity index (χ4n) is 2.54. The Morgan fingerprint density at radius 2 is 2.33 bits per heavy atom. The van der Waals surface area contributed by atoms with Gasteiger partial charge in [-0.25, -0.2) is 9.37 Å². The first-order chi connectivity index (χ1) is 8.72. The Morgan fingerprint density at radius 3 is 3.06 bits per heavy atom. The molecule has 0 amide bonds. The molecule has 1 aliphatic heterocycles. The Balaban J connectivity index is 2.24. The molecule has 0 spiro atoms. The summed E-state index contributed by atoms with van der Waals surface area (Å²) in [6.07, 6.45) is 5.00. The van der Waals surface area contributed by atoms with Gasteiger partial charge in [-0.15, -0.1) is 0 Å². The van der Waals surface area contributed by atoms with E-state index in [1.54, 1.807) is 6.07 Å². The molecule has 3 nitrogen and oxygen atoms in total. The first kappa shape index (κ1) is 13.3. The first-order valence-electron chi connectivity index (χ1n) is 6.84. The second-order valence-corrected chi connectivity index (χ2v) is 4.95. The molecule has 1 atom stereocenters. The van der Waals surface area contributed by atoms with Crippen molar-refractivity contribution >= 4 is 5.82 Å². The highest BCUT2D eigenvalue weighted by molar-refractivity contribution is 5.48. The molecule has 1 saturated heterocycles. The third-order valence-electron chi connectivity index (χ3n) is 3.55. The smallest absolute Gasteiger partial charge is 0.141 e. The Bertz CT molecular complexity index is 395. The number of hydrogen-bond donors (Lipinski definition) is 1. The highest BCUT2D eigenvalue weighted by atomic mass is 19.1. The van der Waals surface area contributed by atoms with Crippen molar-refractivity contribution < 1.29 is 4.39 Å². The number of piperidine rings is 1. The van der Waals surface area contributed by atoms with E-state index in [0.717, 1.165) is 24.5 Å². The van der Waals surface area contributed by atoms with Crippen LogP contribution in [0.3, 0.4) is 0 Å². The number of halogens is 1. The molecule has 4 heteroatoms. The van der Waals surface area contributed by atoms with Gasteiger partial charge in [-0.05, 0) is 38.8 Å². The number of nitrogens with one attached hydrogen (secondary N) is 1. The third-order valence-corrected chi connectivity index (χ3v) is 3.55. The minimum absolute atomic E-state index is 0.253. The molecular weight excluding hydrogens is 229 g/mol. The van der Waals surface area contributed by atoms with Gasteiger partial charge in [-0.3, -0.25) is 0 Å². The van der Waals surface area contributed by atoms with Crippen molar-refractivity contribution in [3.05, 3.63) is 23.6 Å². The Morgan fingerprint density at radius 1 is 1.50 bits per heavy atom. The van der Waals surface area contributed by atoms with Gasteiger partial charge in [-0.2, -0.15) is 0 Å². The zero-order valence-corrected chi connectivity index (χ0v) is 11.2. The molecule has 1 unspecified atom stereocenters. The SMILES string of the molecule is CCNCc1cc(F)cnc1N1CCCCC1C. The minimum Gasteiger partial charge on any atom is -0.354 e. The van der Waals surface area contributed by atoms with Crippen LogP contribution < -0.4 is 10.2 Å². The van der Waals surface area contributed by atoms with Crippen LogP contribution in [0.2, 0.25) is 0 Å². The van der Waals surface area contributed by atoms with Gasteiger partial charge < -0.3 is 10.2 Å². The fourth-order valence-corrected chi connectivity index (χ4v) is 2.54. The molecule has 2 heterocycles. The highest BCUT2D eigenvalue weighted by Crippen LogP contribution is 2.26. The standard InChI is InChI=1S/C14H22FN3/c1-3-16-9-12-8-13(15)10-17-14(12)18-7-5-4-6-11(18)2/h8,10-11,16H,3-7,9H2,1-2H3. The van der Waals surface area contributed by atoms with E-state index in [1.807, 2.05) is 0 Å². The summed E-state index contributed by atoms with van der Waals surface area (Å²) < 4.78 is 13.3. The van der Waals surface area contributed by atoms with Crippen LogP contribution in [0.4, 0.5) is 10.2 Å². The molecule has 0 radical (unpaired) electrons. The molecule has 1 aromatic rings. The van der Waals surface area contributed by atoms with Crippen LogP contribution in [0, 0.1) is 5.82 Å². The summed E-state index contributed by atoms with van der Waals surface area (Å²) in [5, 5.41) is 3.25. The molecule has 18 heavy (non-hydrogen) atoms. The van der Waals surface area contributed by atoms with Crippen molar-refractivity contribution in [3.63, 3.8) is 0 Å². The van der Waals surface area contributed by atoms with E-state index in [9.17, 15) is 4.39 Å². The summed E-state index contributed by atoms with van der Waals surface area (Å²) in [4.78, 5) is 6.63. The van der Waals surface area contributed by atoms with Gasteiger partial charge in [0.05, 0.1) is 6.20 Å². The first-order valence-corrected chi connectivity index (χ1v) is 6.84. The van der Waals surface area contributed by atoms with E-state index in [1.165, 1.54) is 25.5 Å². The van der Waals surface area contributed by atoms with Crippen molar-refractivity contribution in [1.82, 2.24) is 10.3 Å². The van der Waals surface area contributed by atoms with E-state index < -0.39 is 0 Å². The average molecular weight is 251 g/mol. The van der Waals surface area contributed by atoms with Crippen molar-refractivity contribution in [2.45, 2.75) is 45.7 Å². The van der Waals surface area contributed by atoms with Gasteiger partial charge in [0.25, 0.3) is 0 Å². The second-order valence-electron chi connectivity index (χ2n) is 4.95. The second kappa shape index (κ2) is 6.14. The maximum Gasteiger partial charge on any atom is 0.141 e. The highest BCUT2D eigenvalue weighted by Gasteiger charge is 2.22. The van der Waals surface area contributed by atoms with Crippen LogP contribution in [0.25, 0.3) is 0 Å². The summed E-state index contributed by atoms with van der Waals surface area (Å²) in [6, 6.07) is 2.10. The number of pyridine rings is 1. The van der Waals surface area contributed by atoms with E-state index in [0.29, 0.717) is 12.6 Å². The fraction of sp³-hybridized carbons (Fsp3) is 0.643. The number of anilines is 1. The largest absolute Gasteiger partial charge is 0.354 e. The molecule has 100 valence electrons. The van der Waals surface area contributed by atoms with Gasteiger partial charge in [0.1, 0.15) is 11.6 Å². The zero-order valence-electron chi connectivity index (χ0n) is 11.2. The third kappa shape index (κ3) is 2.99. The van der Waals surface area contributed by atoms with Gasteiger partial charge in [-0.1, -0.05) is 6.92 Å². The number of rotatable bonds is 4. The van der Waals surface area contributed by atoms with E-state index in [-0.39, 0.29) is 5.82 Å². The van der Waals surface area contributed by atoms with Crippen LogP contribution in [0.1, 0.15) is 38.7 Å². The number of aromatic nitrogens is 1. The lowest BCUT2D eigenvalue weighted by molar-refractivity contribution is 0.478. The summed E-state index contributed by atoms with van der Waals surface area (Å²) in [5.41, 5.74) is 0.964. The quantitative estimate of drug-likeness (QED) is 0.892. The zero-order chi connectivity index (χ0) is 13.0. The molecule has 1 N–H and O–H groups in total. The summed E-state index contributed by atoms with van der Waals surface area (Å²) >= 11 is 0. The summed E-state index contributed by atoms with van der Waals surface area (Å²) in [5.74, 6) is 0.695. The molecule has 0 saturated carbocycles. The lowest BCUT2D eigenvalue weighted by atomic mass is 10.0. The van der Waals surface area contributed by atoms with Crippen molar-refractivity contribution in [3.8, 4) is 0 Å². The molecule has 2 rings (SSSR count). The Kier molecular flexibility index (Phi) is 4.53. The predicted octanol–water partition coefficient (Wildman–Crippen LogP) is 2.71. The van der Waals surface area contributed by atoms with Crippen LogP contribution in [-0.2, 0) is 6.54 Å². The number of nitrogens with zero attached hydrogens (tertiary/aromatic N) is 2. The molecule has 0 aliphatic carbocycles. The van der Waals surface area contributed by atoms with Crippen LogP contribution in [0.5, 0.6) is 0 Å². The summed E-state index contributed by atoms with van der Waals surface area (Å²) in [7, 11) is 0. The van der Waals surface area contributed by atoms with Crippen molar-refractivity contribution in [2.24, 2.45) is 0 Å². The van der Waals surface area contributed by atoms with Crippen LogP contribution >= 0.6 is 0 Å². The molecule has 1 aliphatic rings. The molecule has 0 bridgehead atoms. The Labute approximate surface area is 108 Å². The van der Waals surface area contributed by atoms with Gasteiger partial charge in [0.15, 0.2) is 0 Å². The van der Waals surface area contributed by atoms with Gasteiger partial charge in [0.2, 0.25) is 0 Å². The maximum absolute atomic E-state index is 13.3. The topological polar surface area (TPSA) is 28.2 Å². The Hall–Kier alpha value is -1.16. The van der Waals surface area contributed by atoms with E-state index in [4.69, 9.17) is 0 Å². The van der Waals surface area contributed by atoms with Crippen molar-refractivity contribution in [1.29, 1.82) is 0 Å². The molecular formula is C14H22FN3. The molecule has 0 aromatic carbocycles. The predicted molar refractivity (Wildman–Crippen MR) is 72.2 cm³/mol. The summed E-state index contributed by atoms with van der Waals surface area (Å²) in [6.45, 7) is 6.86. The van der Waals surface area contributed by atoms with Gasteiger partial charge >= 0.3 is 0 Å². The van der Waals surface area contributed by atoms with E-state index in [2.05, 4.69) is 29.0 Å². The minimum atomic E-state index is -0.253. The monoisotopic (exact) mass is 251 g/mol. The lowest BCUT2D eigenvalue weighted by Crippen LogP contribution is -2.39. The molecule has 1 aromatic heterocycles. The average Bonchev–Trinajstić information content (AvgIpc) is 2.37.